The molecule has 3 aromatic carbocycles. The molecule has 0 saturated heterocycles. The lowest BCUT2D eigenvalue weighted by Crippen LogP contribution is -2.14. The summed E-state index contributed by atoms with van der Waals surface area (Å²) in [5, 5.41) is 28.4. The Morgan fingerprint density at radius 2 is 1.68 bits per heavy atom. The zero-order chi connectivity index (χ0) is 18.0. The van der Waals surface area contributed by atoms with Crippen molar-refractivity contribution in [1.29, 1.82) is 5.41 Å². The number of rotatable bonds is 5. The lowest BCUT2D eigenvalue weighted by molar-refractivity contribution is -0.138. The van der Waals surface area contributed by atoms with Crippen LogP contribution in [-0.2, 0) is 11.2 Å². The lowest BCUT2D eigenvalue weighted by Gasteiger charge is -2.14. The van der Waals surface area contributed by atoms with Crippen molar-refractivity contribution < 1.29 is 15.0 Å². The highest BCUT2D eigenvalue weighted by Crippen LogP contribution is 2.26. The van der Waals surface area contributed by atoms with Gasteiger partial charge in [-0.3, -0.25) is 10.2 Å². The zero-order valence-corrected chi connectivity index (χ0v) is 13.4. The molecule has 0 radical (unpaired) electrons. The molecule has 3 aromatic rings. The number of hydrogen-bond donors (Lipinski definition) is 4. The van der Waals surface area contributed by atoms with Gasteiger partial charge in [0.15, 0.2) is 0 Å². The van der Waals surface area contributed by atoms with Gasteiger partial charge >= 0.3 is 5.97 Å². The van der Waals surface area contributed by atoms with Crippen molar-refractivity contribution >= 4 is 22.6 Å². The van der Waals surface area contributed by atoms with Crippen molar-refractivity contribution in [2.45, 2.75) is 12.3 Å². The second-order valence-electron chi connectivity index (χ2n) is 6.00. The van der Waals surface area contributed by atoms with E-state index in [-0.39, 0.29) is 11.6 Å². The molecule has 0 bridgehead atoms. The first-order chi connectivity index (χ1) is 11.9. The number of benzene rings is 3. The topological polar surface area (TPSA) is 107 Å². The molecule has 5 nitrogen and oxygen atoms in total. The third-order valence-corrected chi connectivity index (χ3v) is 4.25. The highest BCUT2D eigenvalue weighted by molar-refractivity contribution is 5.99. The number of nitrogens with two attached hydrogens (primary N) is 1. The summed E-state index contributed by atoms with van der Waals surface area (Å²) in [7, 11) is 0. The van der Waals surface area contributed by atoms with Crippen LogP contribution in [0, 0.1) is 5.41 Å². The molecule has 0 fully saturated rings. The normalized spacial score (nSPS) is 12.0. The third-order valence-electron chi connectivity index (χ3n) is 4.25. The number of amidine groups is 1. The largest absolute Gasteiger partial charge is 0.508 e. The zero-order valence-electron chi connectivity index (χ0n) is 13.4. The van der Waals surface area contributed by atoms with E-state index < -0.39 is 11.9 Å². The number of carboxylic acids is 1. The number of hydrogen-bond acceptors (Lipinski definition) is 3. The summed E-state index contributed by atoms with van der Waals surface area (Å²) in [6.07, 6.45) is 0.334. The first-order valence-electron chi connectivity index (χ1n) is 7.83. The van der Waals surface area contributed by atoms with E-state index >= 15 is 0 Å². The van der Waals surface area contributed by atoms with Crippen molar-refractivity contribution in [3.8, 4) is 5.75 Å². The lowest BCUT2D eigenvalue weighted by atomic mass is 9.91. The number of aromatic hydroxyl groups is 1. The fourth-order valence-electron chi connectivity index (χ4n) is 2.88. The molecule has 126 valence electrons. The molecule has 0 aromatic heterocycles. The highest BCUT2D eigenvalue weighted by atomic mass is 16.4. The summed E-state index contributed by atoms with van der Waals surface area (Å²) in [6, 6.07) is 17.5. The molecule has 0 saturated carbocycles. The Kier molecular flexibility index (Phi) is 4.39. The minimum atomic E-state index is -0.914. The molecule has 0 amide bonds. The van der Waals surface area contributed by atoms with Crippen LogP contribution in [0.1, 0.15) is 22.6 Å². The van der Waals surface area contributed by atoms with Crippen LogP contribution in [0.25, 0.3) is 10.8 Å². The molecule has 0 heterocycles. The molecule has 0 spiro atoms. The third kappa shape index (κ3) is 3.61. The number of phenolic OH excluding ortho intramolecular Hbond substituents is 1. The second kappa shape index (κ2) is 6.65. The van der Waals surface area contributed by atoms with Crippen LogP contribution in [0.5, 0.6) is 5.75 Å². The molecule has 0 aliphatic carbocycles. The number of carbonyl (C=O) groups is 1. The van der Waals surface area contributed by atoms with E-state index in [1.165, 1.54) is 12.1 Å². The van der Waals surface area contributed by atoms with Gasteiger partial charge in [-0.05, 0) is 46.5 Å². The van der Waals surface area contributed by atoms with Gasteiger partial charge in [0.25, 0.3) is 0 Å². The summed E-state index contributed by atoms with van der Waals surface area (Å²) >= 11 is 0. The number of aliphatic carboxylic acids is 1. The van der Waals surface area contributed by atoms with Crippen LogP contribution < -0.4 is 5.73 Å². The SMILES string of the molecule is N=C(N)c1ccc2ccc(CC(C(=O)O)c3ccc(O)cc3)cc2c1. The first-order valence-corrected chi connectivity index (χ1v) is 7.83. The fourth-order valence-corrected chi connectivity index (χ4v) is 2.88. The average Bonchev–Trinajstić information content (AvgIpc) is 2.59. The Morgan fingerprint density at radius 1 is 1.00 bits per heavy atom. The summed E-state index contributed by atoms with van der Waals surface area (Å²) in [4.78, 5) is 11.7. The molecule has 5 heteroatoms. The molecular formula is C20H18N2O3. The summed E-state index contributed by atoms with van der Waals surface area (Å²) in [6.45, 7) is 0. The number of fused-ring (bicyclic) bond motifs is 1. The molecule has 1 atom stereocenters. The molecule has 0 aliphatic rings. The number of carboxylic acid groups (broad SMARTS) is 1. The summed E-state index contributed by atoms with van der Waals surface area (Å²) in [5.74, 6) is -1.51. The minimum Gasteiger partial charge on any atom is -0.508 e. The van der Waals surface area contributed by atoms with E-state index in [0.717, 1.165) is 16.3 Å². The maximum absolute atomic E-state index is 11.7. The standard InChI is InChI=1S/C20H18N2O3/c21-19(22)15-4-3-13-2-1-12(9-16(13)11-15)10-18(20(24)25)14-5-7-17(23)8-6-14/h1-9,11,18,23H,10H2,(H3,21,22)(H,24,25). The second-order valence-corrected chi connectivity index (χ2v) is 6.00. The van der Waals surface area contributed by atoms with Gasteiger partial charge in [-0.2, -0.15) is 0 Å². The number of nitrogen functional groups attached to an aromatic ring is 1. The molecule has 3 rings (SSSR count). The van der Waals surface area contributed by atoms with Gasteiger partial charge in [-0.15, -0.1) is 0 Å². The van der Waals surface area contributed by atoms with Gasteiger partial charge in [-0.25, -0.2) is 0 Å². The molecule has 1 unspecified atom stereocenters. The summed E-state index contributed by atoms with van der Waals surface area (Å²) < 4.78 is 0. The van der Waals surface area contributed by atoms with Crippen molar-refractivity contribution in [2.75, 3.05) is 0 Å². The van der Waals surface area contributed by atoms with Gasteiger partial charge in [0, 0.05) is 5.56 Å². The average molecular weight is 334 g/mol. The van der Waals surface area contributed by atoms with Crippen molar-refractivity contribution in [3.63, 3.8) is 0 Å². The number of phenols is 1. The van der Waals surface area contributed by atoms with Crippen LogP contribution in [0.2, 0.25) is 0 Å². The maximum Gasteiger partial charge on any atom is 0.311 e. The van der Waals surface area contributed by atoms with Gasteiger partial charge in [-0.1, -0.05) is 42.5 Å². The Labute approximate surface area is 144 Å². The fraction of sp³-hybridized carbons (Fsp3) is 0.100. The van der Waals surface area contributed by atoms with Crippen LogP contribution in [0.4, 0.5) is 0 Å². The van der Waals surface area contributed by atoms with E-state index in [4.69, 9.17) is 11.1 Å². The van der Waals surface area contributed by atoms with Gasteiger partial charge in [0.05, 0.1) is 5.92 Å². The highest BCUT2D eigenvalue weighted by Gasteiger charge is 2.20. The van der Waals surface area contributed by atoms with Gasteiger partial charge in [0.2, 0.25) is 0 Å². The van der Waals surface area contributed by atoms with Gasteiger partial charge in [0.1, 0.15) is 11.6 Å². The molecule has 5 N–H and O–H groups in total. The molecule has 0 aliphatic heterocycles. The van der Waals surface area contributed by atoms with Crippen LogP contribution in [0.15, 0.2) is 60.7 Å². The van der Waals surface area contributed by atoms with E-state index in [2.05, 4.69) is 0 Å². The van der Waals surface area contributed by atoms with Crippen molar-refractivity contribution in [1.82, 2.24) is 0 Å². The van der Waals surface area contributed by atoms with Crippen LogP contribution >= 0.6 is 0 Å². The van der Waals surface area contributed by atoms with Crippen molar-refractivity contribution in [3.05, 3.63) is 77.4 Å². The predicted octanol–water partition coefficient (Wildman–Crippen LogP) is 3.24. The smallest absolute Gasteiger partial charge is 0.311 e. The Bertz CT molecular complexity index is 949. The van der Waals surface area contributed by atoms with E-state index in [1.807, 2.05) is 30.3 Å². The van der Waals surface area contributed by atoms with Crippen LogP contribution in [-0.4, -0.2) is 22.0 Å². The minimum absolute atomic E-state index is 0.000177. The van der Waals surface area contributed by atoms with Gasteiger partial charge < -0.3 is 15.9 Å². The molecular weight excluding hydrogens is 316 g/mol. The monoisotopic (exact) mass is 334 g/mol. The summed E-state index contributed by atoms with van der Waals surface area (Å²) in [5.41, 5.74) is 7.70. The van der Waals surface area contributed by atoms with Crippen LogP contribution in [0.3, 0.4) is 0 Å². The first kappa shape index (κ1) is 16.5. The number of nitrogens with one attached hydrogen (secondary N) is 1. The predicted molar refractivity (Wildman–Crippen MR) is 97.2 cm³/mol. The van der Waals surface area contributed by atoms with E-state index in [1.54, 1.807) is 18.2 Å². The maximum atomic E-state index is 11.7. The Morgan fingerprint density at radius 3 is 2.32 bits per heavy atom. The Hall–Kier alpha value is -3.34. The van der Waals surface area contributed by atoms with Crippen molar-refractivity contribution in [2.24, 2.45) is 5.73 Å². The molecule has 25 heavy (non-hydrogen) atoms. The van der Waals surface area contributed by atoms with E-state index in [9.17, 15) is 15.0 Å². The Balaban J connectivity index is 1.95. The quantitative estimate of drug-likeness (QED) is 0.424. The van der Waals surface area contributed by atoms with E-state index in [0.29, 0.717) is 17.5 Å².